The first kappa shape index (κ1) is 14.0. The number of hydrogen-bond donors (Lipinski definition) is 2. The molecule has 0 radical (unpaired) electrons. The molecule has 1 saturated heterocycles. The third kappa shape index (κ3) is 2.46. The first-order chi connectivity index (χ1) is 9.43. The smallest absolute Gasteiger partial charge is 0.326 e. The lowest BCUT2D eigenvalue weighted by Gasteiger charge is -2.20. The van der Waals surface area contributed by atoms with E-state index in [9.17, 15) is 14.7 Å². The molecule has 1 fully saturated rings. The van der Waals surface area contributed by atoms with E-state index < -0.39 is 24.0 Å². The van der Waals surface area contributed by atoms with Gasteiger partial charge in [-0.15, -0.1) is 0 Å². The highest BCUT2D eigenvalue weighted by Crippen LogP contribution is 2.20. The largest absolute Gasteiger partial charge is 0.480 e. The number of likely N-dealkylation sites (tertiary alicyclic amines) is 1. The quantitative estimate of drug-likeness (QED) is 0.780. The number of carboxylic acid groups (broad SMARTS) is 1. The van der Waals surface area contributed by atoms with Crippen molar-refractivity contribution in [2.75, 3.05) is 6.54 Å². The summed E-state index contributed by atoms with van der Waals surface area (Å²) in [5.74, 6) is -1.71. The summed E-state index contributed by atoms with van der Waals surface area (Å²) in [5.41, 5.74) is 0.838. The van der Waals surface area contributed by atoms with E-state index in [1.54, 1.807) is 6.92 Å². The Morgan fingerprint density at radius 1 is 1.50 bits per heavy atom. The van der Waals surface area contributed by atoms with E-state index in [1.807, 2.05) is 6.07 Å². The number of β-amino-alcohol motifs (C(OH)–C–C–N with tert-alkyl or cyclic N) is 1. The van der Waals surface area contributed by atoms with Crippen molar-refractivity contribution in [3.8, 4) is 6.07 Å². The lowest BCUT2D eigenvalue weighted by atomic mass is 10.2. The Balaban J connectivity index is 2.29. The number of amides is 1. The Hall–Kier alpha value is -2.46. The summed E-state index contributed by atoms with van der Waals surface area (Å²) in [6.07, 6.45) is -0.837. The monoisotopic (exact) mass is 275 g/mol. The van der Waals surface area contributed by atoms with Crippen LogP contribution in [0.5, 0.6) is 0 Å². The van der Waals surface area contributed by atoms with Crippen LogP contribution in [0, 0.1) is 18.3 Å². The molecule has 0 spiro atoms. The Kier molecular flexibility index (Phi) is 3.68. The minimum absolute atomic E-state index is 0.0103. The van der Waals surface area contributed by atoms with E-state index >= 15 is 0 Å². The van der Waals surface area contributed by atoms with Crippen LogP contribution in [0.2, 0.25) is 0 Å². The number of aliphatic carboxylic acids is 1. The first-order valence-electron chi connectivity index (χ1n) is 6.03. The number of aryl methyl sites for hydroxylation is 1. The molecule has 7 heteroatoms. The van der Waals surface area contributed by atoms with E-state index in [-0.39, 0.29) is 18.7 Å². The zero-order valence-electron chi connectivity index (χ0n) is 10.8. The number of carboxylic acids is 1. The molecule has 104 valence electrons. The fourth-order valence-electron chi connectivity index (χ4n) is 2.22. The fraction of sp³-hybridized carbons (Fsp3) is 0.385. The van der Waals surface area contributed by atoms with Gasteiger partial charge < -0.3 is 15.1 Å². The van der Waals surface area contributed by atoms with Crippen LogP contribution in [0.3, 0.4) is 0 Å². The van der Waals surface area contributed by atoms with Crippen LogP contribution in [0.4, 0.5) is 0 Å². The maximum atomic E-state index is 12.3. The number of aliphatic hydroxyl groups excluding tert-OH is 1. The molecule has 2 atom stereocenters. The minimum Gasteiger partial charge on any atom is -0.480 e. The second-order valence-electron chi connectivity index (χ2n) is 4.64. The second-order valence-corrected chi connectivity index (χ2v) is 4.64. The second kappa shape index (κ2) is 5.27. The predicted molar refractivity (Wildman–Crippen MR) is 66.8 cm³/mol. The molecule has 1 aliphatic heterocycles. The molecule has 0 unspecified atom stereocenters. The number of pyridine rings is 1. The van der Waals surface area contributed by atoms with Crippen LogP contribution >= 0.6 is 0 Å². The van der Waals surface area contributed by atoms with E-state index in [1.165, 1.54) is 12.1 Å². The maximum absolute atomic E-state index is 12.3. The molecule has 1 aliphatic rings. The first-order valence-corrected chi connectivity index (χ1v) is 6.03. The van der Waals surface area contributed by atoms with Crippen molar-refractivity contribution in [1.82, 2.24) is 9.88 Å². The molecule has 1 aromatic rings. The fourth-order valence-corrected chi connectivity index (χ4v) is 2.22. The number of nitriles is 1. The lowest BCUT2D eigenvalue weighted by molar-refractivity contribution is -0.141. The molecule has 1 amide bonds. The van der Waals surface area contributed by atoms with Crippen molar-refractivity contribution in [1.29, 1.82) is 5.26 Å². The highest BCUT2D eigenvalue weighted by Gasteiger charge is 2.39. The summed E-state index contributed by atoms with van der Waals surface area (Å²) < 4.78 is 0. The highest BCUT2D eigenvalue weighted by molar-refractivity contribution is 5.95. The number of aliphatic hydroxyl groups is 1. The molecule has 7 nitrogen and oxygen atoms in total. The number of carbonyl (C=O) groups is 2. The third-order valence-electron chi connectivity index (χ3n) is 3.25. The zero-order chi connectivity index (χ0) is 14.9. The standard InChI is InChI=1S/C13H13N3O4/c1-7-8(5-14)2-3-10(15-7)12(18)16-6-9(17)4-11(16)13(19)20/h2-3,9,11,17H,4,6H2,1H3,(H,19,20)/t9-,11-/m0/s1. The van der Waals surface area contributed by atoms with Crippen LogP contribution in [0.1, 0.15) is 28.2 Å². The van der Waals surface area contributed by atoms with Crippen molar-refractivity contribution >= 4 is 11.9 Å². The zero-order valence-corrected chi connectivity index (χ0v) is 10.8. The lowest BCUT2D eigenvalue weighted by Crippen LogP contribution is -2.41. The molecule has 1 aromatic heterocycles. The van der Waals surface area contributed by atoms with Crippen LogP contribution in [-0.2, 0) is 4.79 Å². The van der Waals surface area contributed by atoms with Crippen LogP contribution in [-0.4, -0.2) is 50.7 Å². The van der Waals surface area contributed by atoms with Crippen molar-refractivity contribution in [2.45, 2.75) is 25.5 Å². The molecule has 0 saturated carbocycles. The average Bonchev–Trinajstić information content (AvgIpc) is 2.80. The van der Waals surface area contributed by atoms with E-state index in [4.69, 9.17) is 10.4 Å². The molecule has 2 N–H and O–H groups in total. The summed E-state index contributed by atoms with van der Waals surface area (Å²) in [6, 6.07) is 3.75. The Labute approximate surface area is 115 Å². The average molecular weight is 275 g/mol. The number of carbonyl (C=O) groups excluding carboxylic acids is 1. The third-order valence-corrected chi connectivity index (χ3v) is 3.25. The normalized spacial score (nSPS) is 21.6. The predicted octanol–water partition coefficient (Wildman–Crippen LogP) is -0.0783. The van der Waals surface area contributed by atoms with Crippen LogP contribution < -0.4 is 0 Å². The number of nitrogens with zero attached hydrogens (tertiary/aromatic N) is 3. The van der Waals surface area contributed by atoms with E-state index in [2.05, 4.69) is 4.98 Å². The molecule has 2 rings (SSSR count). The summed E-state index contributed by atoms with van der Waals surface area (Å²) in [7, 11) is 0. The SMILES string of the molecule is Cc1nc(C(=O)N2C[C@@H](O)C[C@H]2C(=O)O)ccc1C#N. The molecule has 0 bridgehead atoms. The highest BCUT2D eigenvalue weighted by atomic mass is 16.4. The van der Waals surface area contributed by atoms with Gasteiger partial charge in [0.15, 0.2) is 0 Å². The van der Waals surface area contributed by atoms with E-state index in [0.717, 1.165) is 4.90 Å². The topological polar surface area (TPSA) is 115 Å². The van der Waals surface area contributed by atoms with Crippen molar-refractivity contribution in [3.63, 3.8) is 0 Å². The maximum Gasteiger partial charge on any atom is 0.326 e. The Morgan fingerprint density at radius 2 is 2.20 bits per heavy atom. The van der Waals surface area contributed by atoms with Gasteiger partial charge in [0.1, 0.15) is 17.8 Å². The van der Waals surface area contributed by atoms with E-state index in [0.29, 0.717) is 11.3 Å². The summed E-state index contributed by atoms with van der Waals surface area (Å²) in [6.45, 7) is 1.57. The van der Waals surface area contributed by atoms with Gasteiger partial charge in [-0.3, -0.25) is 4.79 Å². The summed E-state index contributed by atoms with van der Waals surface area (Å²) >= 11 is 0. The Bertz CT molecular complexity index is 608. The van der Waals surface area contributed by atoms with Crippen LogP contribution in [0.15, 0.2) is 12.1 Å². The van der Waals surface area contributed by atoms with Gasteiger partial charge in [0, 0.05) is 13.0 Å². The number of hydrogen-bond acceptors (Lipinski definition) is 5. The van der Waals surface area contributed by atoms with Gasteiger partial charge in [0.2, 0.25) is 0 Å². The molecule has 0 aliphatic carbocycles. The van der Waals surface area contributed by atoms with Crippen molar-refractivity contribution < 1.29 is 19.8 Å². The van der Waals surface area contributed by atoms with Crippen molar-refractivity contribution in [2.24, 2.45) is 0 Å². The summed E-state index contributed by atoms with van der Waals surface area (Å²) in [4.78, 5) is 28.5. The molecule has 2 heterocycles. The Morgan fingerprint density at radius 3 is 2.75 bits per heavy atom. The number of rotatable bonds is 2. The van der Waals surface area contributed by atoms with Gasteiger partial charge in [-0.25, -0.2) is 9.78 Å². The van der Waals surface area contributed by atoms with Gasteiger partial charge in [0.05, 0.1) is 17.4 Å². The molecular weight excluding hydrogens is 262 g/mol. The van der Waals surface area contributed by atoms with Gasteiger partial charge in [0.25, 0.3) is 5.91 Å². The van der Waals surface area contributed by atoms with Crippen molar-refractivity contribution in [3.05, 3.63) is 29.1 Å². The van der Waals surface area contributed by atoms with Crippen LogP contribution in [0.25, 0.3) is 0 Å². The summed E-state index contributed by atoms with van der Waals surface area (Å²) in [5, 5.41) is 27.4. The number of aromatic nitrogens is 1. The van der Waals surface area contributed by atoms with Gasteiger partial charge in [-0.1, -0.05) is 0 Å². The van der Waals surface area contributed by atoms with Gasteiger partial charge >= 0.3 is 5.97 Å². The minimum atomic E-state index is -1.15. The van der Waals surface area contributed by atoms with Gasteiger partial charge in [-0.2, -0.15) is 5.26 Å². The molecular formula is C13H13N3O4. The molecule has 20 heavy (non-hydrogen) atoms. The van der Waals surface area contributed by atoms with Gasteiger partial charge in [-0.05, 0) is 19.1 Å². The molecule has 0 aromatic carbocycles.